The van der Waals surface area contributed by atoms with Gasteiger partial charge in [-0.1, -0.05) is 13.8 Å². The Bertz CT molecular complexity index is 325. The molecule has 0 atom stereocenters. The Morgan fingerprint density at radius 2 is 2.08 bits per heavy atom. The van der Waals surface area contributed by atoms with Crippen molar-refractivity contribution in [3.63, 3.8) is 0 Å². The fourth-order valence-electron chi connectivity index (χ4n) is 1.02. The predicted octanol–water partition coefficient (Wildman–Crippen LogP) is 1.47. The Balaban J connectivity index is 3.30. The van der Waals surface area contributed by atoms with Crippen molar-refractivity contribution in [2.75, 3.05) is 0 Å². The van der Waals surface area contributed by atoms with Gasteiger partial charge in [0.25, 0.3) is 0 Å². The molecule has 0 bridgehead atoms. The molecule has 0 radical (unpaired) electrons. The van der Waals surface area contributed by atoms with Crippen LogP contribution in [0.5, 0.6) is 5.75 Å². The summed E-state index contributed by atoms with van der Waals surface area (Å²) in [5.41, 5.74) is 0.213. The first-order chi connectivity index (χ1) is 5.70. The van der Waals surface area contributed by atoms with Gasteiger partial charge in [0.2, 0.25) is 11.2 Å². The van der Waals surface area contributed by atoms with Crippen molar-refractivity contribution in [3.8, 4) is 5.75 Å². The molecule has 0 aromatic carbocycles. The molecule has 3 heteroatoms. The highest BCUT2D eigenvalue weighted by atomic mass is 16.4. The summed E-state index contributed by atoms with van der Waals surface area (Å²) >= 11 is 0. The molecule has 0 aliphatic carbocycles. The van der Waals surface area contributed by atoms with Gasteiger partial charge in [-0.3, -0.25) is 4.79 Å². The Hall–Kier alpha value is -1.25. The lowest BCUT2D eigenvalue weighted by molar-refractivity contribution is 0.399. The number of aromatic hydroxyl groups is 1. The standard InChI is InChI=1S/C9H12O3/c1-3-6-5-12-7(4-2)9(11)8(6)10/h5,11H,3-4H2,1-2H3. The van der Waals surface area contributed by atoms with Crippen LogP contribution in [0.15, 0.2) is 15.5 Å². The summed E-state index contributed by atoms with van der Waals surface area (Å²) in [6.07, 6.45) is 2.53. The number of hydrogen-bond acceptors (Lipinski definition) is 3. The molecule has 0 spiro atoms. The number of aryl methyl sites for hydroxylation is 2. The van der Waals surface area contributed by atoms with Gasteiger partial charge in [0.15, 0.2) is 0 Å². The van der Waals surface area contributed by atoms with E-state index in [1.54, 1.807) is 0 Å². The second-order valence-corrected chi connectivity index (χ2v) is 2.57. The van der Waals surface area contributed by atoms with Crippen LogP contribution >= 0.6 is 0 Å². The quantitative estimate of drug-likeness (QED) is 0.727. The van der Waals surface area contributed by atoms with Crippen molar-refractivity contribution in [3.05, 3.63) is 27.8 Å². The van der Waals surface area contributed by atoms with Crippen molar-refractivity contribution in [1.82, 2.24) is 0 Å². The normalized spacial score (nSPS) is 10.2. The lowest BCUT2D eigenvalue weighted by Crippen LogP contribution is -2.08. The maximum Gasteiger partial charge on any atom is 0.229 e. The van der Waals surface area contributed by atoms with Crippen molar-refractivity contribution < 1.29 is 9.52 Å². The third kappa shape index (κ3) is 1.35. The topological polar surface area (TPSA) is 50.4 Å². The molecule has 0 amide bonds. The molecular formula is C9H12O3. The monoisotopic (exact) mass is 168 g/mol. The Morgan fingerprint density at radius 1 is 1.42 bits per heavy atom. The molecule has 1 aromatic heterocycles. The molecule has 0 aliphatic heterocycles. The van der Waals surface area contributed by atoms with E-state index in [-0.39, 0.29) is 11.2 Å². The minimum absolute atomic E-state index is 0.239. The third-order valence-electron chi connectivity index (χ3n) is 1.82. The van der Waals surface area contributed by atoms with Gasteiger partial charge >= 0.3 is 0 Å². The molecule has 0 saturated carbocycles. The van der Waals surface area contributed by atoms with E-state index in [1.165, 1.54) is 6.26 Å². The highest BCUT2D eigenvalue weighted by Crippen LogP contribution is 2.12. The molecule has 1 rings (SSSR count). The zero-order valence-electron chi connectivity index (χ0n) is 7.26. The van der Waals surface area contributed by atoms with Crippen molar-refractivity contribution in [2.24, 2.45) is 0 Å². The Morgan fingerprint density at radius 3 is 2.58 bits per heavy atom. The summed E-state index contributed by atoms with van der Waals surface area (Å²) < 4.78 is 5.06. The van der Waals surface area contributed by atoms with E-state index < -0.39 is 0 Å². The molecular weight excluding hydrogens is 156 g/mol. The summed E-state index contributed by atoms with van der Waals surface area (Å²) in [5, 5.41) is 9.30. The Kier molecular flexibility index (Phi) is 2.53. The second kappa shape index (κ2) is 3.43. The molecule has 1 N–H and O–H groups in total. The fraction of sp³-hybridized carbons (Fsp3) is 0.444. The van der Waals surface area contributed by atoms with Crippen LogP contribution in [0.2, 0.25) is 0 Å². The molecule has 1 heterocycles. The van der Waals surface area contributed by atoms with E-state index in [1.807, 2.05) is 13.8 Å². The molecule has 0 saturated heterocycles. The van der Waals surface area contributed by atoms with E-state index >= 15 is 0 Å². The van der Waals surface area contributed by atoms with Crippen molar-refractivity contribution in [2.45, 2.75) is 26.7 Å². The smallest absolute Gasteiger partial charge is 0.229 e. The van der Waals surface area contributed by atoms with Crippen LogP contribution < -0.4 is 5.43 Å². The highest BCUT2D eigenvalue weighted by molar-refractivity contribution is 5.27. The molecule has 66 valence electrons. The van der Waals surface area contributed by atoms with Crippen LogP contribution in [0.4, 0.5) is 0 Å². The molecule has 3 nitrogen and oxygen atoms in total. The minimum atomic E-state index is -0.305. The fourth-order valence-corrected chi connectivity index (χ4v) is 1.02. The van der Waals surface area contributed by atoms with E-state index in [2.05, 4.69) is 0 Å². The largest absolute Gasteiger partial charge is 0.502 e. The lowest BCUT2D eigenvalue weighted by atomic mass is 10.2. The molecule has 1 aromatic rings. The zero-order chi connectivity index (χ0) is 9.14. The van der Waals surface area contributed by atoms with E-state index in [0.29, 0.717) is 24.2 Å². The van der Waals surface area contributed by atoms with E-state index in [9.17, 15) is 9.90 Å². The van der Waals surface area contributed by atoms with Crippen molar-refractivity contribution >= 4 is 0 Å². The van der Waals surface area contributed by atoms with Crippen LogP contribution in [0, 0.1) is 0 Å². The highest BCUT2D eigenvalue weighted by Gasteiger charge is 2.09. The summed E-state index contributed by atoms with van der Waals surface area (Å²) in [5.74, 6) is 0.119. The van der Waals surface area contributed by atoms with Crippen molar-refractivity contribution in [1.29, 1.82) is 0 Å². The maximum atomic E-state index is 11.3. The summed E-state index contributed by atoms with van der Waals surface area (Å²) in [4.78, 5) is 11.3. The van der Waals surface area contributed by atoms with Crippen LogP contribution in [-0.2, 0) is 12.8 Å². The maximum absolute atomic E-state index is 11.3. The van der Waals surface area contributed by atoms with Gasteiger partial charge in [-0.2, -0.15) is 0 Å². The predicted molar refractivity (Wildman–Crippen MR) is 45.4 cm³/mol. The van der Waals surface area contributed by atoms with Crippen LogP contribution in [0.3, 0.4) is 0 Å². The summed E-state index contributed by atoms with van der Waals surface area (Å²) in [7, 11) is 0. The Labute approximate surface area is 70.7 Å². The van der Waals surface area contributed by atoms with Gasteiger partial charge in [-0.15, -0.1) is 0 Å². The zero-order valence-corrected chi connectivity index (χ0v) is 7.26. The average molecular weight is 168 g/mol. The van der Waals surface area contributed by atoms with E-state index in [4.69, 9.17) is 4.42 Å². The number of hydrogen-bond donors (Lipinski definition) is 1. The van der Waals surface area contributed by atoms with Crippen LogP contribution in [0.25, 0.3) is 0 Å². The van der Waals surface area contributed by atoms with Crippen LogP contribution in [0.1, 0.15) is 25.2 Å². The second-order valence-electron chi connectivity index (χ2n) is 2.57. The SMILES string of the molecule is CCc1occ(CC)c(=O)c1O. The van der Waals surface area contributed by atoms with Gasteiger partial charge in [0.1, 0.15) is 5.76 Å². The summed E-state index contributed by atoms with van der Waals surface area (Å²) in [6, 6.07) is 0. The van der Waals surface area contributed by atoms with Gasteiger partial charge in [-0.25, -0.2) is 0 Å². The first-order valence-electron chi connectivity index (χ1n) is 4.03. The van der Waals surface area contributed by atoms with Crippen LogP contribution in [-0.4, -0.2) is 5.11 Å². The number of rotatable bonds is 2. The first kappa shape index (κ1) is 8.84. The summed E-state index contributed by atoms with van der Waals surface area (Å²) in [6.45, 7) is 3.67. The first-order valence-corrected chi connectivity index (χ1v) is 4.03. The molecule has 0 aliphatic rings. The van der Waals surface area contributed by atoms with Gasteiger partial charge in [0.05, 0.1) is 6.26 Å². The third-order valence-corrected chi connectivity index (χ3v) is 1.82. The molecule has 12 heavy (non-hydrogen) atoms. The van der Waals surface area contributed by atoms with Gasteiger partial charge < -0.3 is 9.52 Å². The van der Waals surface area contributed by atoms with Gasteiger partial charge in [0, 0.05) is 12.0 Å². The molecule has 0 fully saturated rings. The molecule has 0 unspecified atom stereocenters. The lowest BCUT2D eigenvalue weighted by Gasteiger charge is -2.00. The van der Waals surface area contributed by atoms with E-state index in [0.717, 1.165) is 0 Å². The average Bonchev–Trinajstić information content (AvgIpc) is 2.10. The minimum Gasteiger partial charge on any atom is -0.502 e. The van der Waals surface area contributed by atoms with Gasteiger partial charge in [-0.05, 0) is 6.42 Å².